The molecule has 2 aromatic heterocycles. The number of benzene rings is 1. The number of aromatic nitrogens is 3. The number of hydrogen-bond acceptors (Lipinski definition) is 8. The summed E-state index contributed by atoms with van der Waals surface area (Å²) < 4.78 is 6.49. The van der Waals surface area contributed by atoms with Crippen molar-refractivity contribution in [3.8, 4) is 17.5 Å². The van der Waals surface area contributed by atoms with Crippen molar-refractivity contribution in [1.82, 2.24) is 19.7 Å². The van der Waals surface area contributed by atoms with Crippen LogP contribution in [0.2, 0.25) is 0 Å². The van der Waals surface area contributed by atoms with Gasteiger partial charge in [0.2, 0.25) is 0 Å². The number of nitrogens with one attached hydrogen (secondary N) is 1. The number of carbonyl (C=O) groups is 2. The average Bonchev–Trinajstić information content (AvgIpc) is 3.21. The zero-order valence-corrected chi connectivity index (χ0v) is 18.4. The molecule has 32 heavy (non-hydrogen) atoms. The first kappa shape index (κ1) is 22.9. The second-order valence-corrected chi connectivity index (χ2v) is 7.45. The molecule has 9 heteroatoms. The van der Waals surface area contributed by atoms with Crippen LogP contribution in [-0.4, -0.2) is 77.4 Å². The van der Waals surface area contributed by atoms with Crippen LogP contribution in [0, 0.1) is 11.8 Å². The van der Waals surface area contributed by atoms with Gasteiger partial charge in [-0.3, -0.25) is 4.79 Å². The minimum Gasteiger partial charge on any atom is -0.464 e. The molecule has 2 heterocycles. The lowest BCUT2D eigenvalue weighted by molar-refractivity contribution is -0.119. The van der Waals surface area contributed by atoms with E-state index in [1.165, 1.54) is 7.11 Å². The third kappa shape index (κ3) is 4.77. The summed E-state index contributed by atoms with van der Waals surface area (Å²) in [6, 6.07) is 8.87. The van der Waals surface area contributed by atoms with Crippen LogP contribution in [0.4, 0.5) is 5.82 Å². The third-order valence-corrected chi connectivity index (χ3v) is 4.86. The zero-order chi connectivity index (χ0) is 23.3. The number of anilines is 1. The first-order valence-corrected chi connectivity index (χ1v) is 9.92. The number of aldehydes is 1. The number of carbonyl (C=O) groups excluding carboxylic acids is 2. The molecule has 0 aliphatic carbocycles. The minimum atomic E-state index is -1.73. The molecule has 0 aliphatic rings. The highest BCUT2D eigenvalue weighted by Gasteiger charge is 2.24. The van der Waals surface area contributed by atoms with Gasteiger partial charge in [-0.05, 0) is 38.4 Å². The van der Waals surface area contributed by atoms with Crippen LogP contribution < -0.4 is 5.32 Å². The maximum atomic E-state index is 12.3. The van der Waals surface area contributed by atoms with Gasteiger partial charge in [0.15, 0.2) is 17.6 Å². The van der Waals surface area contributed by atoms with Gasteiger partial charge in [0.05, 0.1) is 23.7 Å². The standard InChI is InChI=1S/C23H25N5O4/c1-24-21-19-18(9-12-25-21)28(26-20(19)22(30)32-4)17-7-5-6-16(14-17)8-10-23(31,15-29)11-13-27(2)3/h5-7,9,12,14-15,31H,11,13H2,1-4H3,(H,24,25)/t23-/m0/s1. The molecular weight excluding hydrogens is 410 g/mol. The lowest BCUT2D eigenvalue weighted by atomic mass is 10.0. The maximum absolute atomic E-state index is 12.3. The summed E-state index contributed by atoms with van der Waals surface area (Å²) >= 11 is 0. The van der Waals surface area contributed by atoms with Gasteiger partial charge in [-0.15, -0.1) is 0 Å². The van der Waals surface area contributed by atoms with Gasteiger partial charge < -0.3 is 20.1 Å². The largest absolute Gasteiger partial charge is 0.464 e. The van der Waals surface area contributed by atoms with Crippen molar-refractivity contribution in [2.45, 2.75) is 12.0 Å². The van der Waals surface area contributed by atoms with E-state index in [1.807, 2.05) is 25.1 Å². The van der Waals surface area contributed by atoms with E-state index in [0.29, 0.717) is 40.8 Å². The molecule has 0 spiro atoms. The summed E-state index contributed by atoms with van der Waals surface area (Å²) in [6.45, 7) is 0.515. The third-order valence-electron chi connectivity index (χ3n) is 4.86. The van der Waals surface area contributed by atoms with Gasteiger partial charge in [-0.2, -0.15) is 5.10 Å². The lowest BCUT2D eigenvalue weighted by Gasteiger charge is -2.17. The SMILES string of the molecule is CNc1nccc2c1c(C(=O)OC)nn2-c1cccc(C#C[C@@](O)(C=O)CCN(C)C)c1. The van der Waals surface area contributed by atoms with E-state index in [1.54, 1.807) is 42.2 Å². The maximum Gasteiger partial charge on any atom is 0.359 e. The molecule has 0 saturated carbocycles. The monoisotopic (exact) mass is 435 g/mol. The number of nitrogens with zero attached hydrogens (tertiary/aromatic N) is 4. The molecular formula is C23H25N5O4. The molecule has 0 fully saturated rings. The van der Waals surface area contributed by atoms with Crippen LogP contribution in [0.15, 0.2) is 36.5 Å². The molecule has 0 unspecified atom stereocenters. The van der Waals surface area contributed by atoms with Crippen molar-refractivity contribution in [1.29, 1.82) is 0 Å². The quantitative estimate of drug-likeness (QED) is 0.326. The Kier molecular flexibility index (Phi) is 6.88. The molecule has 1 aromatic carbocycles. The van der Waals surface area contributed by atoms with Crippen molar-refractivity contribution >= 4 is 29.0 Å². The van der Waals surface area contributed by atoms with Gasteiger partial charge in [0, 0.05) is 31.8 Å². The Labute approximate surface area is 186 Å². The Morgan fingerprint density at radius 3 is 2.81 bits per heavy atom. The highest BCUT2D eigenvalue weighted by Crippen LogP contribution is 2.28. The van der Waals surface area contributed by atoms with Crippen LogP contribution in [0.25, 0.3) is 16.6 Å². The van der Waals surface area contributed by atoms with E-state index in [-0.39, 0.29) is 12.1 Å². The van der Waals surface area contributed by atoms with Crippen LogP contribution >= 0.6 is 0 Å². The van der Waals surface area contributed by atoms with Gasteiger partial charge in [0.1, 0.15) is 5.82 Å². The summed E-state index contributed by atoms with van der Waals surface area (Å²) in [5.41, 5.74) is 0.289. The topological polar surface area (TPSA) is 110 Å². The van der Waals surface area contributed by atoms with Crippen LogP contribution in [-0.2, 0) is 9.53 Å². The van der Waals surface area contributed by atoms with Crippen molar-refractivity contribution < 1.29 is 19.4 Å². The summed E-state index contributed by atoms with van der Waals surface area (Å²) in [5.74, 6) is 5.47. The number of aliphatic hydroxyl groups is 1. The van der Waals surface area contributed by atoms with Crippen LogP contribution in [0.3, 0.4) is 0 Å². The Balaban J connectivity index is 2.06. The molecule has 3 aromatic rings. The summed E-state index contributed by atoms with van der Waals surface area (Å²) in [6.07, 6.45) is 2.28. The predicted molar refractivity (Wildman–Crippen MR) is 121 cm³/mol. The highest BCUT2D eigenvalue weighted by atomic mass is 16.5. The van der Waals surface area contributed by atoms with Crippen molar-refractivity contribution in [3.63, 3.8) is 0 Å². The first-order chi connectivity index (χ1) is 15.3. The lowest BCUT2D eigenvalue weighted by Crippen LogP contribution is -2.33. The number of fused-ring (bicyclic) bond motifs is 1. The molecule has 166 valence electrons. The molecule has 1 atom stereocenters. The number of methoxy groups -OCH3 is 1. The van der Waals surface area contributed by atoms with E-state index in [9.17, 15) is 14.7 Å². The fraction of sp³-hybridized carbons (Fsp3) is 0.304. The van der Waals surface area contributed by atoms with Gasteiger partial charge in [0.25, 0.3) is 0 Å². The van der Waals surface area contributed by atoms with E-state index in [0.717, 1.165) is 0 Å². The number of ether oxygens (including phenoxy) is 1. The van der Waals surface area contributed by atoms with E-state index >= 15 is 0 Å². The highest BCUT2D eigenvalue weighted by molar-refractivity contribution is 6.07. The van der Waals surface area contributed by atoms with E-state index in [4.69, 9.17) is 4.74 Å². The summed E-state index contributed by atoms with van der Waals surface area (Å²) in [5, 5.41) is 18.4. The fourth-order valence-corrected chi connectivity index (χ4v) is 3.13. The zero-order valence-electron chi connectivity index (χ0n) is 18.4. The Morgan fingerprint density at radius 1 is 1.38 bits per heavy atom. The molecule has 3 rings (SSSR count). The Bertz CT molecular complexity index is 1210. The first-order valence-electron chi connectivity index (χ1n) is 9.92. The molecule has 0 saturated heterocycles. The average molecular weight is 435 g/mol. The molecule has 2 N–H and O–H groups in total. The molecule has 0 amide bonds. The smallest absolute Gasteiger partial charge is 0.359 e. The summed E-state index contributed by atoms with van der Waals surface area (Å²) in [4.78, 5) is 29.9. The van der Waals surface area contributed by atoms with Crippen molar-refractivity contribution in [3.05, 3.63) is 47.8 Å². The van der Waals surface area contributed by atoms with Gasteiger partial charge >= 0.3 is 5.97 Å². The molecule has 0 bridgehead atoms. The molecule has 0 radical (unpaired) electrons. The second kappa shape index (κ2) is 9.60. The second-order valence-electron chi connectivity index (χ2n) is 7.45. The van der Waals surface area contributed by atoms with Crippen molar-refractivity contribution in [2.24, 2.45) is 0 Å². The van der Waals surface area contributed by atoms with Crippen LogP contribution in [0.5, 0.6) is 0 Å². The molecule has 9 nitrogen and oxygen atoms in total. The Morgan fingerprint density at radius 2 is 2.16 bits per heavy atom. The fourth-order valence-electron chi connectivity index (χ4n) is 3.13. The Hall–Kier alpha value is -3.74. The minimum absolute atomic E-state index is 0.135. The number of esters is 1. The summed E-state index contributed by atoms with van der Waals surface area (Å²) in [7, 11) is 6.71. The van der Waals surface area contributed by atoms with Gasteiger partial charge in [-0.1, -0.05) is 17.9 Å². The predicted octanol–water partition coefficient (Wildman–Crippen LogP) is 1.48. The normalized spacial score (nSPS) is 12.7. The van der Waals surface area contributed by atoms with Crippen LogP contribution in [0.1, 0.15) is 22.5 Å². The number of hydrogen-bond donors (Lipinski definition) is 2. The van der Waals surface area contributed by atoms with E-state index < -0.39 is 11.6 Å². The van der Waals surface area contributed by atoms with Gasteiger partial charge in [-0.25, -0.2) is 14.5 Å². The number of rotatable bonds is 7. The van der Waals surface area contributed by atoms with E-state index in [2.05, 4.69) is 27.2 Å². The molecule has 0 aliphatic heterocycles. The number of pyridine rings is 1. The van der Waals surface area contributed by atoms with Crippen molar-refractivity contribution in [2.75, 3.05) is 40.1 Å².